The van der Waals surface area contributed by atoms with E-state index in [1.807, 2.05) is 12.1 Å². The summed E-state index contributed by atoms with van der Waals surface area (Å²) in [6.45, 7) is 18.1. The van der Waals surface area contributed by atoms with Crippen LogP contribution in [0.1, 0.15) is 52.7 Å². The molecule has 0 fully saturated rings. The molecule has 0 heterocycles. The first kappa shape index (κ1) is 18.0. The molecule has 0 spiro atoms. The average Bonchev–Trinajstić information content (AvgIpc) is 2.33. The first-order valence-electron chi connectivity index (χ1n) is 7.48. The zero-order chi connectivity index (χ0) is 16.5. The molecule has 0 N–H and O–H groups in total. The van der Waals surface area contributed by atoms with Crippen LogP contribution < -0.4 is 0 Å². The molecule has 0 unspecified atom stereocenters. The summed E-state index contributed by atoms with van der Waals surface area (Å²) in [5.41, 5.74) is 2.62. The number of rotatable bonds is 4. The second-order valence-electron chi connectivity index (χ2n) is 8.28. The highest BCUT2D eigenvalue weighted by atomic mass is 28.4. The Kier molecular flexibility index (Phi) is 5.16. The third-order valence-corrected chi connectivity index (χ3v) is 8.83. The quantitative estimate of drug-likeness (QED) is 0.513. The zero-order valence-corrected chi connectivity index (χ0v) is 15.7. The summed E-state index contributed by atoms with van der Waals surface area (Å²) in [4.78, 5) is 10.9. The van der Waals surface area contributed by atoms with Gasteiger partial charge in [0.2, 0.25) is 0 Å². The SMILES string of the molecule is CC(C)(C)c1cc(CO[Si](C)(C)C(C)(C)C)cc(N=O)c1. The molecule has 1 rings (SSSR count). The molecule has 0 aliphatic rings. The molecule has 0 aromatic heterocycles. The van der Waals surface area contributed by atoms with Gasteiger partial charge in [-0.15, -0.1) is 4.91 Å². The van der Waals surface area contributed by atoms with Crippen molar-refractivity contribution in [1.29, 1.82) is 0 Å². The van der Waals surface area contributed by atoms with Crippen molar-refractivity contribution in [3.63, 3.8) is 0 Å². The molecule has 0 amide bonds. The predicted octanol–water partition coefficient (Wildman–Crippen LogP) is 5.90. The van der Waals surface area contributed by atoms with Crippen LogP contribution in [0.25, 0.3) is 0 Å². The molecule has 1 aromatic rings. The zero-order valence-electron chi connectivity index (χ0n) is 14.7. The van der Waals surface area contributed by atoms with Gasteiger partial charge in [-0.25, -0.2) is 0 Å². The van der Waals surface area contributed by atoms with Crippen molar-refractivity contribution in [3.05, 3.63) is 34.2 Å². The fourth-order valence-electron chi connectivity index (χ4n) is 1.72. The molecule has 0 saturated carbocycles. The van der Waals surface area contributed by atoms with Crippen molar-refractivity contribution >= 4 is 14.0 Å². The van der Waals surface area contributed by atoms with Crippen molar-refractivity contribution in [2.75, 3.05) is 0 Å². The molecule has 4 heteroatoms. The molecule has 1 aromatic carbocycles. The lowest BCUT2D eigenvalue weighted by Crippen LogP contribution is -2.40. The Bertz CT molecular complexity index is 511. The average molecular weight is 308 g/mol. The van der Waals surface area contributed by atoms with Crippen LogP contribution in [0.3, 0.4) is 0 Å². The fraction of sp³-hybridized carbons (Fsp3) is 0.647. The molecule has 0 atom stereocenters. The predicted molar refractivity (Wildman–Crippen MR) is 92.6 cm³/mol. The number of hydrogen-bond acceptors (Lipinski definition) is 3. The molecular weight excluding hydrogens is 278 g/mol. The van der Waals surface area contributed by atoms with Gasteiger partial charge in [0, 0.05) is 0 Å². The van der Waals surface area contributed by atoms with Gasteiger partial charge < -0.3 is 4.43 Å². The van der Waals surface area contributed by atoms with E-state index in [1.165, 1.54) is 0 Å². The summed E-state index contributed by atoms with van der Waals surface area (Å²) < 4.78 is 6.24. The van der Waals surface area contributed by atoms with Crippen molar-refractivity contribution in [2.24, 2.45) is 5.18 Å². The highest BCUT2D eigenvalue weighted by molar-refractivity contribution is 6.74. The van der Waals surface area contributed by atoms with E-state index in [0.29, 0.717) is 12.3 Å². The Labute approximate surface area is 130 Å². The third-order valence-electron chi connectivity index (χ3n) is 4.35. The lowest BCUT2D eigenvalue weighted by molar-refractivity contribution is 0.276. The first-order valence-corrected chi connectivity index (χ1v) is 10.4. The summed E-state index contributed by atoms with van der Waals surface area (Å²) in [7, 11) is -1.79. The Balaban J connectivity index is 3.02. The molecule has 0 bridgehead atoms. The van der Waals surface area contributed by atoms with Crippen LogP contribution in [-0.4, -0.2) is 8.32 Å². The van der Waals surface area contributed by atoms with Gasteiger partial charge in [-0.2, -0.15) is 0 Å². The first-order chi connectivity index (χ1) is 9.37. The largest absolute Gasteiger partial charge is 0.413 e. The van der Waals surface area contributed by atoms with E-state index in [1.54, 1.807) is 0 Å². The Morgan fingerprint density at radius 2 is 1.62 bits per heavy atom. The summed E-state index contributed by atoms with van der Waals surface area (Å²) in [6, 6.07) is 5.82. The van der Waals surface area contributed by atoms with Gasteiger partial charge in [0.05, 0.1) is 6.61 Å². The molecule has 0 aliphatic heterocycles. The molecule has 0 saturated heterocycles. The van der Waals surface area contributed by atoms with E-state index in [4.69, 9.17) is 4.43 Å². The summed E-state index contributed by atoms with van der Waals surface area (Å²) in [5.74, 6) is 0. The highest BCUT2D eigenvalue weighted by Gasteiger charge is 2.37. The van der Waals surface area contributed by atoms with Gasteiger partial charge in [0.25, 0.3) is 0 Å². The molecule has 118 valence electrons. The van der Waals surface area contributed by atoms with Gasteiger partial charge in [-0.05, 0) is 52.0 Å². The monoisotopic (exact) mass is 307 g/mol. The molecule has 0 aliphatic carbocycles. The molecule has 21 heavy (non-hydrogen) atoms. The van der Waals surface area contributed by atoms with Crippen LogP contribution in [-0.2, 0) is 16.4 Å². The maximum Gasteiger partial charge on any atom is 0.192 e. The van der Waals surface area contributed by atoms with Gasteiger partial charge in [-0.3, -0.25) is 0 Å². The highest BCUT2D eigenvalue weighted by Crippen LogP contribution is 2.37. The van der Waals surface area contributed by atoms with Crippen LogP contribution in [0, 0.1) is 4.91 Å². The van der Waals surface area contributed by atoms with E-state index >= 15 is 0 Å². The number of nitroso groups, excluding NO2 is 1. The van der Waals surface area contributed by atoms with E-state index in [2.05, 4.69) is 65.9 Å². The second kappa shape index (κ2) is 6.01. The van der Waals surface area contributed by atoms with Gasteiger partial charge in [0.1, 0.15) is 5.69 Å². The third kappa shape index (κ3) is 4.75. The van der Waals surface area contributed by atoms with Crippen LogP contribution in [0.15, 0.2) is 23.4 Å². The number of hydrogen-bond donors (Lipinski definition) is 0. The summed E-state index contributed by atoms with van der Waals surface area (Å²) >= 11 is 0. The summed E-state index contributed by atoms with van der Waals surface area (Å²) in [5, 5.41) is 3.29. The maximum atomic E-state index is 10.9. The van der Waals surface area contributed by atoms with Crippen molar-refractivity contribution in [1.82, 2.24) is 0 Å². The number of benzene rings is 1. The van der Waals surface area contributed by atoms with E-state index in [-0.39, 0.29) is 10.5 Å². The Morgan fingerprint density at radius 3 is 2.05 bits per heavy atom. The normalized spacial score (nSPS) is 13.3. The lowest BCUT2D eigenvalue weighted by Gasteiger charge is -2.36. The van der Waals surface area contributed by atoms with Crippen molar-refractivity contribution in [2.45, 2.75) is 71.7 Å². The molecule has 0 radical (unpaired) electrons. The minimum Gasteiger partial charge on any atom is -0.413 e. The van der Waals surface area contributed by atoms with Gasteiger partial charge >= 0.3 is 0 Å². The van der Waals surface area contributed by atoms with Crippen molar-refractivity contribution < 1.29 is 4.43 Å². The van der Waals surface area contributed by atoms with Crippen molar-refractivity contribution in [3.8, 4) is 0 Å². The standard InChI is InChI=1S/C17H29NO2Si/c1-16(2,3)14-9-13(10-15(11-14)18-19)12-20-21(7,8)17(4,5)6/h9-11H,12H2,1-8H3. The second-order valence-corrected chi connectivity index (χ2v) is 13.1. The van der Waals surface area contributed by atoms with Gasteiger partial charge in [0.15, 0.2) is 8.32 Å². The Hall–Kier alpha value is -1.00. The number of nitrogens with zero attached hydrogens (tertiary/aromatic N) is 1. The minimum atomic E-state index is -1.79. The van der Waals surface area contributed by atoms with Crippen LogP contribution in [0.4, 0.5) is 5.69 Å². The van der Waals surface area contributed by atoms with E-state index < -0.39 is 8.32 Å². The fourth-order valence-corrected chi connectivity index (χ4v) is 2.68. The summed E-state index contributed by atoms with van der Waals surface area (Å²) in [6.07, 6.45) is 0. The Morgan fingerprint density at radius 1 is 1.05 bits per heavy atom. The maximum absolute atomic E-state index is 10.9. The van der Waals surface area contributed by atoms with Crippen LogP contribution >= 0.6 is 0 Å². The van der Waals surface area contributed by atoms with Crippen LogP contribution in [0.2, 0.25) is 18.1 Å². The molecule has 3 nitrogen and oxygen atoms in total. The van der Waals surface area contributed by atoms with E-state index in [9.17, 15) is 4.91 Å². The van der Waals surface area contributed by atoms with Crippen LogP contribution in [0.5, 0.6) is 0 Å². The molecular formula is C17H29NO2Si. The lowest BCUT2D eigenvalue weighted by atomic mass is 9.86. The van der Waals surface area contributed by atoms with E-state index in [0.717, 1.165) is 11.1 Å². The minimum absolute atomic E-state index is 0.00752. The topological polar surface area (TPSA) is 38.7 Å². The smallest absolute Gasteiger partial charge is 0.192 e. The van der Waals surface area contributed by atoms with Gasteiger partial charge in [-0.1, -0.05) is 47.6 Å².